The number of carbonyl (C=O) groups is 1. The Labute approximate surface area is 262 Å². The van der Waals surface area contributed by atoms with Crippen LogP contribution in [0.4, 0.5) is 13.2 Å². The monoisotopic (exact) mass is 640 g/mol. The number of aliphatic hydroxyl groups is 2. The summed E-state index contributed by atoms with van der Waals surface area (Å²) in [6, 6.07) is 6.39. The number of fused-ring (bicyclic) bond motifs is 1. The van der Waals surface area contributed by atoms with Crippen LogP contribution in [0.1, 0.15) is 80.0 Å². The molecule has 3 fully saturated rings. The molecular weight excluding hydrogens is 609 g/mol. The summed E-state index contributed by atoms with van der Waals surface area (Å²) in [5.74, 6) is -3.49. The van der Waals surface area contributed by atoms with E-state index < -0.39 is 50.8 Å². The molecular formula is C33H32ClF3N4O4. The fraction of sp³-hybridized carbons (Fsp3) is 0.424. The first-order valence-electron chi connectivity index (χ1n) is 15.1. The SMILES string of the molecule is CC(C)(O)c1cc([C@@](O)(CNC(=O)c2cc(OC3CC3)c3nn(C4CC4)cc3c2)C2CC2)nc(-c2cc(Cl)c(F)cc2F)c1F. The lowest BCUT2D eigenvalue weighted by Gasteiger charge is -2.31. The molecule has 0 aliphatic heterocycles. The van der Waals surface area contributed by atoms with Gasteiger partial charge in [0.25, 0.3) is 5.91 Å². The minimum atomic E-state index is -1.80. The van der Waals surface area contributed by atoms with Gasteiger partial charge in [-0.3, -0.25) is 9.48 Å². The van der Waals surface area contributed by atoms with Crippen molar-refractivity contribution in [3.8, 4) is 17.0 Å². The molecule has 2 aromatic carbocycles. The molecule has 0 radical (unpaired) electrons. The summed E-state index contributed by atoms with van der Waals surface area (Å²) < 4.78 is 52.7. The van der Waals surface area contributed by atoms with E-state index in [-0.39, 0.29) is 29.8 Å². The van der Waals surface area contributed by atoms with Crippen LogP contribution in [-0.2, 0) is 11.2 Å². The van der Waals surface area contributed by atoms with E-state index in [1.807, 2.05) is 10.9 Å². The highest BCUT2D eigenvalue weighted by Crippen LogP contribution is 2.47. The van der Waals surface area contributed by atoms with Gasteiger partial charge in [0, 0.05) is 34.3 Å². The smallest absolute Gasteiger partial charge is 0.251 e. The van der Waals surface area contributed by atoms with Crippen molar-refractivity contribution in [3.05, 3.63) is 75.8 Å². The molecule has 236 valence electrons. The van der Waals surface area contributed by atoms with Crippen molar-refractivity contribution in [2.45, 2.75) is 75.7 Å². The van der Waals surface area contributed by atoms with Crippen LogP contribution < -0.4 is 10.1 Å². The van der Waals surface area contributed by atoms with Crippen LogP contribution in [-0.4, -0.2) is 43.5 Å². The topological polar surface area (TPSA) is 110 Å². The van der Waals surface area contributed by atoms with Gasteiger partial charge in [0.2, 0.25) is 0 Å². The van der Waals surface area contributed by atoms with Crippen LogP contribution in [0, 0.1) is 23.4 Å². The lowest BCUT2D eigenvalue weighted by Crippen LogP contribution is -2.43. The van der Waals surface area contributed by atoms with Crippen molar-refractivity contribution in [2.75, 3.05) is 6.54 Å². The Morgan fingerprint density at radius 1 is 1.04 bits per heavy atom. The van der Waals surface area contributed by atoms with E-state index in [9.17, 15) is 23.8 Å². The quantitative estimate of drug-likeness (QED) is 0.176. The number of nitrogens with one attached hydrogen (secondary N) is 1. The summed E-state index contributed by atoms with van der Waals surface area (Å²) in [7, 11) is 0. The summed E-state index contributed by atoms with van der Waals surface area (Å²) in [6.07, 6.45) is 7.16. The molecule has 1 atom stereocenters. The first kappa shape index (κ1) is 30.0. The van der Waals surface area contributed by atoms with Crippen molar-refractivity contribution in [1.29, 1.82) is 0 Å². The third kappa shape index (κ3) is 5.77. The minimum absolute atomic E-state index is 0.0717. The van der Waals surface area contributed by atoms with Gasteiger partial charge in [-0.2, -0.15) is 5.10 Å². The van der Waals surface area contributed by atoms with Gasteiger partial charge in [-0.1, -0.05) is 11.6 Å². The van der Waals surface area contributed by atoms with Crippen LogP contribution in [0.2, 0.25) is 5.02 Å². The second-order valence-corrected chi connectivity index (χ2v) is 13.4. The normalized spacial score (nSPS) is 18.2. The zero-order chi connectivity index (χ0) is 31.8. The van der Waals surface area contributed by atoms with Gasteiger partial charge in [-0.05, 0) is 82.6 Å². The maximum Gasteiger partial charge on any atom is 0.251 e. The van der Waals surface area contributed by atoms with E-state index in [0.717, 1.165) is 37.1 Å². The molecule has 45 heavy (non-hydrogen) atoms. The molecule has 7 rings (SSSR count). The Morgan fingerprint density at radius 3 is 2.42 bits per heavy atom. The number of hydrogen-bond donors (Lipinski definition) is 3. The molecule has 0 bridgehead atoms. The Kier molecular flexibility index (Phi) is 7.14. The average molecular weight is 641 g/mol. The molecule has 0 spiro atoms. The van der Waals surface area contributed by atoms with Crippen LogP contribution in [0.5, 0.6) is 5.75 Å². The van der Waals surface area contributed by atoms with E-state index in [2.05, 4.69) is 10.3 Å². The molecule has 1 amide bonds. The fourth-order valence-corrected chi connectivity index (χ4v) is 5.80. The highest BCUT2D eigenvalue weighted by Gasteiger charge is 2.47. The van der Waals surface area contributed by atoms with E-state index in [1.54, 1.807) is 12.1 Å². The summed E-state index contributed by atoms with van der Waals surface area (Å²) in [6.45, 7) is 2.38. The van der Waals surface area contributed by atoms with Crippen molar-refractivity contribution >= 4 is 28.4 Å². The number of pyridine rings is 1. The first-order valence-corrected chi connectivity index (χ1v) is 15.5. The zero-order valence-electron chi connectivity index (χ0n) is 24.7. The number of carbonyl (C=O) groups excluding carboxylic acids is 1. The molecule has 3 N–H and O–H groups in total. The molecule has 0 saturated heterocycles. The van der Waals surface area contributed by atoms with Crippen molar-refractivity contribution in [2.24, 2.45) is 5.92 Å². The fourth-order valence-electron chi connectivity index (χ4n) is 5.64. The van der Waals surface area contributed by atoms with E-state index in [4.69, 9.17) is 21.4 Å². The number of halogens is 4. The number of hydrogen-bond acceptors (Lipinski definition) is 6. The third-order valence-electron chi connectivity index (χ3n) is 8.69. The molecule has 4 aromatic rings. The van der Waals surface area contributed by atoms with Gasteiger partial charge >= 0.3 is 0 Å². The highest BCUT2D eigenvalue weighted by molar-refractivity contribution is 6.31. The summed E-state index contributed by atoms with van der Waals surface area (Å²) in [5.41, 5.74) is -3.86. The Hall–Kier alpha value is -3.67. The van der Waals surface area contributed by atoms with Crippen molar-refractivity contribution < 1.29 is 32.9 Å². The predicted octanol–water partition coefficient (Wildman–Crippen LogP) is 6.30. The molecule has 3 saturated carbocycles. The molecule has 2 heterocycles. The first-order chi connectivity index (χ1) is 21.3. The van der Waals surface area contributed by atoms with Crippen LogP contribution >= 0.6 is 11.6 Å². The van der Waals surface area contributed by atoms with Crippen LogP contribution in [0.25, 0.3) is 22.2 Å². The van der Waals surface area contributed by atoms with Crippen molar-refractivity contribution in [1.82, 2.24) is 20.1 Å². The second kappa shape index (κ2) is 10.7. The van der Waals surface area contributed by atoms with Gasteiger partial charge in [0.15, 0.2) is 5.82 Å². The highest BCUT2D eigenvalue weighted by atomic mass is 35.5. The molecule has 2 aromatic heterocycles. The largest absolute Gasteiger partial charge is 0.488 e. The lowest BCUT2D eigenvalue weighted by molar-refractivity contribution is 0.00863. The average Bonchev–Trinajstić information content (AvgIpc) is 3.83. The molecule has 3 aliphatic rings. The van der Waals surface area contributed by atoms with Crippen LogP contribution in [0.3, 0.4) is 0 Å². The number of benzene rings is 2. The molecule has 12 heteroatoms. The third-order valence-corrected chi connectivity index (χ3v) is 8.98. The minimum Gasteiger partial charge on any atom is -0.488 e. The number of ether oxygens (including phenoxy) is 1. The summed E-state index contributed by atoms with van der Waals surface area (Å²) in [4.78, 5) is 17.9. The molecule has 3 aliphatic carbocycles. The second-order valence-electron chi connectivity index (χ2n) is 13.0. The summed E-state index contributed by atoms with van der Waals surface area (Å²) >= 11 is 5.90. The number of nitrogens with zero attached hydrogens (tertiary/aromatic N) is 3. The van der Waals surface area contributed by atoms with Crippen molar-refractivity contribution in [3.63, 3.8) is 0 Å². The Morgan fingerprint density at radius 2 is 1.78 bits per heavy atom. The van der Waals surface area contributed by atoms with Gasteiger partial charge in [0.1, 0.15) is 34.2 Å². The molecule has 0 unspecified atom stereocenters. The van der Waals surface area contributed by atoms with E-state index >= 15 is 4.39 Å². The number of aromatic nitrogens is 3. The maximum atomic E-state index is 15.8. The summed E-state index contributed by atoms with van der Waals surface area (Å²) in [5, 5.41) is 30.7. The van der Waals surface area contributed by atoms with Gasteiger partial charge in [-0.25, -0.2) is 18.2 Å². The standard InChI is InChI=1S/C33H32ClF3N4O4/c1-32(2,43)22-12-27(39-30(28(22)37)21-11-23(34)25(36)13-24(21)35)33(44,18-3-4-18)15-38-31(42)16-9-17-14-41(19-5-6-19)40-29(17)26(10-16)45-20-7-8-20/h9-14,18-20,43-44H,3-8,15H2,1-2H3,(H,38,42)/t33-/m1/s1. The lowest BCUT2D eigenvalue weighted by atomic mass is 9.87. The molecule has 8 nitrogen and oxygen atoms in total. The maximum absolute atomic E-state index is 15.8. The predicted molar refractivity (Wildman–Crippen MR) is 160 cm³/mol. The van der Waals surface area contributed by atoms with E-state index in [1.165, 1.54) is 19.9 Å². The van der Waals surface area contributed by atoms with Gasteiger partial charge < -0.3 is 20.3 Å². The van der Waals surface area contributed by atoms with Gasteiger partial charge in [0.05, 0.1) is 35.0 Å². The van der Waals surface area contributed by atoms with Gasteiger partial charge in [-0.15, -0.1) is 0 Å². The zero-order valence-corrected chi connectivity index (χ0v) is 25.5. The van der Waals surface area contributed by atoms with E-state index in [0.29, 0.717) is 41.8 Å². The van der Waals surface area contributed by atoms with Crippen LogP contribution in [0.15, 0.2) is 36.5 Å². The Bertz CT molecular complexity index is 1850. The Balaban J connectivity index is 1.24. The number of amides is 1. The number of rotatable bonds is 10.